The molecule has 1 amide bonds. The summed E-state index contributed by atoms with van der Waals surface area (Å²) in [6.07, 6.45) is 3.16. The van der Waals surface area contributed by atoms with E-state index in [1.54, 1.807) is 18.2 Å². The molecular weight excluding hydrogens is 328 g/mol. The topological polar surface area (TPSA) is 66.9 Å². The summed E-state index contributed by atoms with van der Waals surface area (Å²) in [5.74, 6) is -0.0817. The quantitative estimate of drug-likeness (QED) is 0.831. The molecule has 0 aromatic heterocycles. The molecule has 24 heavy (non-hydrogen) atoms. The van der Waals surface area contributed by atoms with E-state index in [0.717, 1.165) is 32.4 Å². The first kappa shape index (κ1) is 17.4. The number of sulfonamides is 1. The number of hydrogen-bond donors (Lipinski definition) is 0. The third-order valence-electron chi connectivity index (χ3n) is 4.64. The minimum absolute atomic E-state index is 0.0817. The van der Waals surface area contributed by atoms with Gasteiger partial charge in [-0.3, -0.25) is 4.79 Å². The lowest BCUT2D eigenvalue weighted by Gasteiger charge is -2.32. The molecule has 3 rings (SSSR count). The first-order valence-electron chi connectivity index (χ1n) is 8.49. The molecule has 2 fully saturated rings. The van der Waals surface area contributed by atoms with Crippen LogP contribution in [0.3, 0.4) is 0 Å². The van der Waals surface area contributed by atoms with E-state index in [9.17, 15) is 13.2 Å². The Morgan fingerprint density at radius 1 is 1.17 bits per heavy atom. The van der Waals surface area contributed by atoms with Gasteiger partial charge in [0.15, 0.2) is 0 Å². The Labute approximate surface area is 143 Å². The summed E-state index contributed by atoms with van der Waals surface area (Å²) in [6, 6.07) is 6.21. The van der Waals surface area contributed by atoms with Gasteiger partial charge in [0.2, 0.25) is 10.0 Å². The molecular formula is C17H24N2O4S. The molecule has 0 bridgehead atoms. The Kier molecular flexibility index (Phi) is 5.22. The molecule has 0 radical (unpaired) electrons. The van der Waals surface area contributed by atoms with E-state index in [4.69, 9.17) is 4.74 Å². The molecule has 0 spiro atoms. The number of likely N-dealkylation sites (tertiary alicyclic amines) is 1. The Bertz CT molecular complexity index is 698. The summed E-state index contributed by atoms with van der Waals surface area (Å²) in [4.78, 5) is 14.6. The van der Waals surface area contributed by atoms with Crippen molar-refractivity contribution in [3.05, 3.63) is 29.8 Å². The number of amides is 1. The number of benzene rings is 1. The fourth-order valence-corrected chi connectivity index (χ4v) is 4.92. The summed E-state index contributed by atoms with van der Waals surface area (Å²) < 4.78 is 32.6. The van der Waals surface area contributed by atoms with E-state index in [1.165, 1.54) is 10.4 Å². The Hall–Kier alpha value is -1.44. The monoisotopic (exact) mass is 352 g/mol. The molecule has 1 unspecified atom stereocenters. The van der Waals surface area contributed by atoms with Crippen LogP contribution in [0.15, 0.2) is 29.2 Å². The number of carbonyl (C=O) groups is 1. The molecule has 132 valence electrons. The molecule has 7 heteroatoms. The van der Waals surface area contributed by atoms with Crippen LogP contribution in [0.4, 0.5) is 0 Å². The zero-order valence-electron chi connectivity index (χ0n) is 14.0. The molecule has 2 heterocycles. The zero-order chi connectivity index (χ0) is 17.2. The normalized spacial score (nSPS) is 23.2. The predicted octanol–water partition coefficient (Wildman–Crippen LogP) is 1.72. The van der Waals surface area contributed by atoms with E-state index in [1.807, 2.05) is 11.8 Å². The van der Waals surface area contributed by atoms with Gasteiger partial charge in [-0.2, -0.15) is 4.31 Å². The molecule has 2 saturated heterocycles. The second kappa shape index (κ2) is 7.21. The number of morpholine rings is 1. The van der Waals surface area contributed by atoms with Crippen molar-refractivity contribution in [2.45, 2.75) is 37.1 Å². The molecule has 2 aliphatic heterocycles. The van der Waals surface area contributed by atoms with Gasteiger partial charge in [-0.25, -0.2) is 8.42 Å². The molecule has 1 atom stereocenters. The van der Waals surface area contributed by atoms with E-state index < -0.39 is 10.0 Å². The van der Waals surface area contributed by atoms with Crippen LogP contribution in [0.1, 0.15) is 36.5 Å². The first-order valence-corrected chi connectivity index (χ1v) is 9.93. The summed E-state index contributed by atoms with van der Waals surface area (Å²) in [5.41, 5.74) is 0.443. The highest BCUT2D eigenvalue weighted by molar-refractivity contribution is 7.89. The number of ether oxygens (including phenoxy) is 1. The highest BCUT2D eigenvalue weighted by Gasteiger charge is 2.32. The number of piperidine rings is 1. The van der Waals surface area contributed by atoms with Gasteiger partial charge >= 0.3 is 0 Å². The van der Waals surface area contributed by atoms with Crippen molar-refractivity contribution in [1.82, 2.24) is 9.21 Å². The van der Waals surface area contributed by atoms with Gasteiger partial charge in [0.05, 0.1) is 18.1 Å². The van der Waals surface area contributed by atoms with Gasteiger partial charge in [-0.1, -0.05) is 6.07 Å². The minimum Gasteiger partial charge on any atom is -0.378 e. The van der Waals surface area contributed by atoms with Gasteiger partial charge in [0.1, 0.15) is 0 Å². The first-order chi connectivity index (χ1) is 11.5. The van der Waals surface area contributed by atoms with Gasteiger partial charge in [0, 0.05) is 31.2 Å². The summed E-state index contributed by atoms with van der Waals surface area (Å²) in [6.45, 7) is 4.46. The van der Waals surface area contributed by atoms with Crippen molar-refractivity contribution in [3.63, 3.8) is 0 Å². The van der Waals surface area contributed by atoms with E-state index in [-0.39, 0.29) is 16.8 Å². The Morgan fingerprint density at radius 2 is 1.92 bits per heavy atom. The van der Waals surface area contributed by atoms with E-state index in [0.29, 0.717) is 25.3 Å². The third kappa shape index (κ3) is 3.48. The second-order valence-corrected chi connectivity index (χ2v) is 8.31. The zero-order valence-corrected chi connectivity index (χ0v) is 14.8. The molecule has 6 nitrogen and oxygen atoms in total. The van der Waals surface area contributed by atoms with Crippen LogP contribution in [0.5, 0.6) is 0 Å². The lowest BCUT2D eigenvalue weighted by atomic mass is 10.1. The van der Waals surface area contributed by atoms with E-state index in [2.05, 4.69) is 0 Å². The Balaban J connectivity index is 1.85. The van der Waals surface area contributed by atoms with Gasteiger partial charge in [-0.15, -0.1) is 0 Å². The van der Waals surface area contributed by atoms with Crippen LogP contribution in [0.25, 0.3) is 0 Å². The van der Waals surface area contributed by atoms with Gasteiger partial charge in [-0.05, 0) is 44.4 Å². The number of hydrogen-bond acceptors (Lipinski definition) is 4. The van der Waals surface area contributed by atoms with Crippen molar-refractivity contribution >= 4 is 15.9 Å². The predicted molar refractivity (Wildman–Crippen MR) is 90.4 cm³/mol. The summed E-state index contributed by atoms with van der Waals surface area (Å²) in [7, 11) is -3.62. The van der Waals surface area contributed by atoms with Crippen molar-refractivity contribution in [2.24, 2.45) is 0 Å². The number of nitrogens with zero attached hydrogens (tertiary/aromatic N) is 2. The van der Waals surface area contributed by atoms with Crippen LogP contribution < -0.4 is 0 Å². The van der Waals surface area contributed by atoms with Gasteiger partial charge in [0.25, 0.3) is 5.91 Å². The minimum atomic E-state index is -3.62. The average molecular weight is 352 g/mol. The summed E-state index contributed by atoms with van der Waals surface area (Å²) in [5, 5.41) is 0. The standard InChI is InChI=1S/C17H24N2O4S/c1-14-13-23-11-10-19(14)24(21,22)16-7-5-6-15(12-16)17(20)18-8-3-2-4-9-18/h5-7,12,14H,2-4,8-11,13H2,1H3. The summed E-state index contributed by atoms with van der Waals surface area (Å²) >= 11 is 0. The van der Waals surface area contributed by atoms with Crippen molar-refractivity contribution in [2.75, 3.05) is 32.8 Å². The van der Waals surface area contributed by atoms with Crippen LogP contribution in [0.2, 0.25) is 0 Å². The highest BCUT2D eigenvalue weighted by Crippen LogP contribution is 2.22. The maximum Gasteiger partial charge on any atom is 0.253 e. The third-order valence-corrected chi connectivity index (χ3v) is 6.65. The SMILES string of the molecule is CC1COCCN1S(=O)(=O)c1cccc(C(=O)N2CCCCC2)c1. The van der Waals surface area contributed by atoms with Crippen molar-refractivity contribution < 1.29 is 17.9 Å². The van der Waals surface area contributed by atoms with Crippen molar-refractivity contribution in [3.8, 4) is 0 Å². The fourth-order valence-electron chi connectivity index (χ4n) is 3.27. The largest absolute Gasteiger partial charge is 0.378 e. The lowest BCUT2D eigenvalue weighted by molar-refractivity contribution is 0.0392. The Morgan fingerprint density at radius 3 is 2.62 bits per heavy atom. The second-order valence-electron chi connectivity index (χ2n) is 6.42. The molecule has 2 aliphatic rings. The maximum atomic E-state index is 12.9. The maximum absolute atomic E-state index is 12.9. The molecule has 1 aromatic rings. The van der Waals surface area contributed by atoms with Gasteiger partial charge < -0.3 is 9.64 Å². The van der Waals surface area contributed by atoms with Crippen LogP contribution in [0, 0.1) is 0 Å². The number of carbonyl (C=O) groups excluding carboxylic acids is 1. The fraction of sp³-hybridized carbons (Fsp3) is 0.588. The average Bonchev–Trinajstić information content (AvgIpc) is 2.62. The smallest absolute Gasteiger partial charge is 0.253 e. The van der Waals surface area contributed by atoms with Crippen molar-refractivity contribution in [1.29, 1.82) is 0 Å². The molecule has 0 N–H and O–H groups in total. The van der Waals surface area contributed by atoms with Crippen LogP contribution in [-0.2, 0) is 14.8 Å². The molecule has 0 aliphatic carbocycles. The van der Waals surface area contributed by atoms with E-state index >= 15 is 0 Å². The highest BCUT2D eigenvalue weighted by atomic mass is 32.2. The molecule has 1 aromatic carbocycles. The molecule has 0 saturated carbocycles. The van der Waals surface area contributed by atoms with Crippen LogP contribution in [-0.4, -0.2) is 62.4 Å². The number of rotatable bonds is 3. The van der Waals surface area contributed by atoms with Crippen LogP contribution >= 0.6 is 0 Å². The lowest BCUT2D eigenvalue weighted by Crippen LogP contribution is -2.47.